The maximum absolute atomic E-state index is 13.3. The van der Waals surface area contributed by atoms with E-state index in [1.807, 2.05) is 11.8 Å². The highest BCUT2D eigenvalue weighted by Gasteiger charge is 2.33. The van der Waals surface area contributed by atoms with Gasteiger partial charge in [0.2, 0.25) is 0 Å². The molecule has 1 aliphatic carbocycles. The number of hydrogen-bond donors (Lipinski definition) is 0. The van der Waals surface area contributed by atoms with Crippen LogP contribution in [0, 0.1) is 12.8 Å². The Hall–Kier alpha value is -2.09. The van der Waals surface area contributed by atoms with Gasteiger partial charge in [-0.15, -0.1) is 11.3 Å². The van der Waals surface area contributed by atoms with Crippen LogP contribution in [0.4, 0.5) is 18.9 Å². The number of nitrogens with zero attached hydrogens (tertiary/aromatic N) is 3. The van der Waals surface area contributed by atoms with E-state index in [0.29, 0.717) is 16.4 Å². The van der Waals surface area contributed by atoms with Gasteiger partial charge in [-0.2, -0.15) is 18.2 Å². The molecule has 8 heteroatoms. The first kappa shape index (κ1) is 22.1. The maximum atomic E-state index is 13.3. The highest BCUT2D eigenvalue weighted by atomic mass is 32.1. The van der Waals surface area contributed by atoms with E-state index in [0.717, 1.165) is 61.6 Å². The van der Waals surface area contributed by atoms with Crippen molar-refractivity contribution in [2.24, 2.45) is 10.9 Å². The minimum Gasteiger partial charge on any atom is -0.371 e. The standard InChI is InChI=1S/C23H28F3N3OS/c1-14-19(22(2,3)4)31-21(29(14)13-15-6-7-15)27-20(30)17-12-16(23(24,25)26)8-9-18(17)28-10-5-11-28/h8-9,12,15H,5-7,10-11,13H2,1-4H3/b27-21-. The summed E-state index contributed by atoms with van der Waals surface area (Å²) in [4.78, 5) is 21.2. The number of anilines is 1. The average molecular weight is 452 g/mol. The molecule has 0 bridgehead atoms. The van der Waals surface area contributed by atoms with Crippen molar-refractivity contribution in [1.29, 1.82) is 0 Å². The third-order valence-corrected chi connectivity index (χ3v) is 7.53. The molecule has 2 heterocycles. The number of hydrogen-bond acceptors (Lipinski definition) is 3. The Morgan fingerprint density at radius 2 is 1.87 bits per heavy atom. The summed E-state index contributed by atoms with van der Waals surface area (Å²) in [5.74, 6) is -0.0281. The molecule has 2 fully saturated rings. The van der Waals surface area contributed by atoms with Crippen molar-refractivity contribution in [2.45, 2.75) is 65.1 Å². The van der Waals surface area contributed by atoms with Gasteiger partial charge in [-0.05, 0) is 55.7 Å². The highest BCUT2D eigenvalue weighted by Crippen LogP contribution is 2.35. The lowest BCUT2D eigenvalue weighted by atomic mass is 9.93. The predicted octanol–water partition coefficient (Wildman–Crippen LogP) is 5.54. The molecule has 1 aliphatic heterocycles. The molecule has 4 rings (SSSR count). The van der Waals surface area contributed by atoms with E-state index in [1.165, 1.54) is 17.4 Å². The van der Waals surface area contributed by atoms with E-state index in [9.17, 15) is 18.0 Å². The van der Waals surface area contributed by atoms with Crippen molar-refractivity contribution in [1.82, 2.24) is 4.57 Å². The van der Waals surface area contributed by atoms with Gasteiger partial charge in [-0.3, -0.25) is 4.79 Å². The summed E-state index contributed by atoms with van der Waals surface area (Å²) in [5, 5.41) is 0. The lowest BCUT2D eigenvalue weighted by Crippen LogP contribution is -2.38. The Kier molecular flexibility index (Phi) is 5.56. The lowest BCUT2D eigenvalue weighted by Gasteiger charge is -2.34. The highest BCUT2D eigenvalue weighted by molar-refractivity contribution is 7.09. The molecule has 0 N–H and O–H groups in total. The van der Waals surface area contributed by atoms with Crippen LogP contribution < -0.4 is 9.70 Å². The topological polar surface area (TPSA) is 37.6 Å². The van der Waals surface area contributed by atoms with Crippen LogP contribution in [0.3, 0.4) is 0 Å². The number of halogens is 3. The zero-order valence-electron chi connectivity index (χ0n) is 18.3. The number of alkyl halides is 3. The normalized spacial score (nSPS) is 17.8. The summed E-state index contributed by atoms with van der Waals surface area (Å²) in [6.45, 7) is 10.7. The number of amides is 1. The van der Waals surface area contributed by atoms with Crippen LogP contribution in [0.5, 0.6) is 0 Å². The number of rotatable bonds is 4. The van der Waals surface area contributed by atoms with E-state index >= 15 is 0 Å². The second kappa shape index (κ2) is 7.80. The summed E-state index contributed by atoms with van der Waals surface area (Å²) < 4.78 is 42.1. The largest absolute Gasteiger partial charge is 0.416 e. The number of benzene rings is 1. The zero-order valence-corrected chi connectivity index (χ0v) is 19.2. The van der Waals surface area contributed by atoms with Gasteiger partial charge < -0.3 is 9.47 Å². The van der Waals surface area contributed by atoms with Crippen LogP contribution in [0.1, 0.15) is 66.5 Å². The molecule has 4 nitrogen and oxygen atoms in total. The van der Waals surface area contributed by atoms with Crippen LogP contribution in [0.15, 0.2) is 23.2 Å². The maximum Gasteiger partial charge on any atom is 0.416 e. The van der Waals surface area contributed by atoms with Crippen LogP contribution >= 0.6 is 11.3 Å². The molecule has 1 aromatic carbocycles. The fourth-order valence-electron chi connectivity index (χ4n) is 3.90. The second-order valence-corrected chi connectivity index (χ2v) is 10.6. The number of thiazole rings is 1. The van der Waals surface area contributed by atoms with E-state index in [4.69, 9.17) is 0 Å². The quantitative estimate of drug-likeness (QED) is 0.613. The molecule has 1 saturated carbocycles. The smallest absolute Gasteiger partial charge is 0.371 e. The lowest BCUT2D eigenvalue weighted by molar-refractivity contribution is -0.137. The fraction of sp³-hybridized carbons (Fsp3) is 0.565. The van der Waals surface area contributed by atoms with E-state index in [-0.39, 0.29) is 11.0 Å². The number of aromatic nitrogens is 1. The summed E-state index contributed by atoms with van der Waals surface area (Å²) in [6.07, 6.45) is -1.22. The van der Waals surface area contributed by atoms with Crippen molar-refractivity contribution in [3.05, 3.63) is 44.7 Å². The van der Waals surface area contributed by atoms with E-state index in [2.05, 4.69) is 30.3 Å². The third kappa shape index (κ3) is 4.59. The first-order valence-electron chi connectivity index (χ1n) is 10.7. The molecular weight excluding hydrogens is 423 g/mol. The number of carbonyl (C=O) groups excluding carboxylic acids is 1. The van der Waals surface area contributed by atoms with Gasteiger partial charge in [0.25, 0.3) is 5.91 Å². The molecular formula is C23H28F3N3OS. The Bertz CT molecular complexity index is 1070. The van der Waals surface area contributed by atoms with Crippen molar-refractivity contribution < 1.29 is 18.0 Å². The van der Waals surface area contributed by atoms with E-state index < -0.39 is 17.6 Å². The Labute approximate surface area is 184 Å². The van der Waals surface area contributed by atoms with Crippen molar-refractivity contribution in [3.63, 3.8) is 0 Å². The molecule has 0 radical (unpaired) electrons. The van der Waals surface area contributed by atoms with Crippen molar-refractivity contribution in [2.75, 3.05) is 18.0 Å². The average Bonchev–Trinajstić information content (AvgIpc) is 3.38. The van der Waals surface area contributed by atoms with Crippen LogP contribution in [-0.2, 0) is 18.1 Å². The summed E-state index contributed by atoms with van der Waals surface area (Å²) in [6, 6.07) is 3.41. The monoisotopic (exact) mass is 451 g/mol. The predicted molar refractivity (Wildman–Crippen MR) is 117 cm³/mol. The minimum atomic E-state index is -4.51. The fourth-order valence-corrected chi connectivity index (χ4v) is 5.10. The van der Waals surface area contributed by atoms with Crippen LogP contribution in [0.2, 0.25) is 0 Å². The molecule has 0 atom stereocenters. The summed E-state index contributed by atoms with van der Waals surface area (Å²) in [7, 11) is 0. The third-order valence-electron chi connectivity index (χ3n) is 5.92. The SMILES string of the molecule is Cc1c(C(C)(C)C)s/c(=N\C(=O)c2cc(C(F)(F)F)ccc2N2CCC2)n1CC1CC1. The van der Waals surface area contributed by atoms with Gasteiger partial charge in [0, 0.05) is 35.9 Å². The van der Waals surface area contributed by atoms with Crippen LogP contribution in [0.25, 0.3) is 0 Å². The number of carbonyl (C=O) groups is 1. The van der Waals surface area contributed by atoms with Gasteiger partial charge in [-0.1, -0.05) is 20.8 Å². The van der Waals surface area contributed by atoms with Gasteiger partial charge in [0.1, 0.15) is 0 Å². The molecule has 2 aromatic rings. The van der Waals surface area contributed by atoms with Gasteiger partial charge >= 0.3 is 6.18 Å². The molecule has 2 aliphatic rings. The van der Waals surface area contributed by atoms with Crippen molar-refractivity contribution >= 4 is 22.9 Å². The van der Waals surface area contributed by atoms with Crippen molar-refractivity contribution in [3.8, 4) is 0 Å². The Balaban J connectivity index is 1.81. The van der Waals surface area contributed by atoms with Gasteiger partial charge in [0.15, 0.2) is 4.80 Å². The summed E-state index contributed by atoms with van der Waals surface area (Å²) >= 11 is 1.47. The first-order valence-corrected chi connectivity index (χ1v) is 11.5. The Morgan fingerprint density at radius 1 is 1.19 bits per heavy atom. The first-order chi connectivity index (χ1) is 14.4. The van der Waals surface area contributed by atoms with Crippen LogP contribution in [-0.4, -0.2) is 23.6 Å². The molecule has 31 heavy (non-hydrogen) atoms. The van der Waals surface area contributed by atoms with Gasteiger partial charge in [-0.25, -0.2) is 0 Å². The molecule has 168 valence electrons. The molecule has 0 unspecified atom stereocenters. The van der Waals surface area contributed by atoms with E-state index in [1.54, 1.807) is 0 Å². The van der Waals surface area contributed by atoms with Gasteiger partial charge in [0.05, 0.1) is 11.1 Å². The zero-order chi connectivity index (χ0) is 22.6. The molecule has 1 aromatic heterocycles. The second-order valence-electron chi connectivity index (χ2n) is 9.59. The Morgan fingerprint density at radius 3 is 2.39 bits per heavy atom. The summed E-state index contributed by atoms with van der Waals surface area (Å²) in [5.41, 5.74) is 0.722. The molecule has 0 spiro atoms. The minimum absolute atomic E-state index is 0.0239. The molecule has 1 saturated heterocycles. The molecule has 1 amide bonds.